The van der Waals surface area contributed by atoms with Gasteiger partial charge in [0, 0.05) is 10.4 Å². The SMILES string of the molecule is O=C1C(=O)N(Cc2cccs2)C(c2ccccc2)/C1=C(/O)c1ccccc1. The number of carbonyl (C=O) groups is 2. The van der Waals surface area contributed by atoms with Crippen LogP contribution in [0, 0.1) is 0 Å². The highest BCUT2D eigenvalue weighted by atomic mass is 32.1. The Hall–Kier alpha value is -3.18. The number of ketones is 1. The summed E-state index contributed by atoms with van der Waals surface area (Å²) in [6.07, 6.45) is 0. The average molecular weight is 375 g/mol. The number of hydrogen-bond donors (Lipinski definition) is 1. The summed E-state index contributed by atoms with van der Waals surface area (Å²) in [7, 11) is 0. The van der Waals surface area contributed by atoms with Crippen LogP contribution in [0.4, 0.5) is 0 Å². The molecule has 4 nitrogen and oxygen atoms in total. The number of aliphatic hydroxyl groups is 1. The molecule has 1 saturated heterocycles. The summed E-state index contributed by atoms with van der Waals surface area (Å²) >= 11 is 1.53. The normalized spacial score (nSPS) is 18.8. The summed E-state index contributed by atoms with van der Waals surface area (Å²) in [5.41, 5.74) is 1.45. The Morgan fingerprint density at radius 2 is 1.59 bits per heavy atom. The summed E-state index contributed by atoms with van der Waals surface area (Å²) in [4.78, 5) is 28.2. The largest absolute Gasteiger partial charge is 0.507 e. The smallest absolute Gasteiger partial charge is 0.295 e. The van der Waals surface area contributed by atoms with Gasteiger partial charge in [0.1, 0.15) is 5.76 Å². The van der Waals surface area contributed by atoms with Crippen LogP contribution in [0.1, 0.15) is 22.0 Å². The summed E-state index contributed by atoms with van der Waals surface area (Å²) in [6, 6.07) is 21.4. The third-order valence-electron chi connectivity index (χ3n) is 4.61. The minimum atomic E-state index is -0.651. The van der Waals surface area contributed by atoms with Gasteiger partial charge in [-0.05, 0) is 17.0 Å². The second kappa shape index (κ2) is 7.21. The van der Waals surface area contributed by atoms with Crippen molar-refractivity contribution in [2.24, 2.45) is 0 Å². The molecular formula is C22H17NO3S. The first-order valence-corrected chi connectivity index (χ1v) is 9.46. The second-order valence-electron chi connectivity index (χ2n) is 6.28. The average Bonchev–Trinajstić information content (AvgIpc) is 3.31. The van der Waals surface area contributed by atoms with Gasteiger partial charge in [-0.3, -0.25) is 9.59 Å². The van der Waals surface area contributed by atoms with Gasteiger partial charge < -0.3 is 10.0 Å². The lowest BCUT2D eigenvalue weighted by atomic mass is 9.95. The van der Waals surface area contributed by atoms with E-state index in [9.17, 15) is 14.7 Å². The lowest BCUT2D eigenvalue weighted by Crippen LogP contribution is -2.28. The number of amides is 1. The van der Waals surface area contributed by atoms with E-state index >= 15 is 0 Å². The highest BCUT2D eigenvalue weighted by Crippen LogP contribution is 2.40. The van der Waals surface area contributed by atoms with Crippen molar-refractivity contribution in [3.63, 3.8) is 0 Å². The minimum absolute atomic E-state index is 0.133. The van der Waals surface area contributed by atoms with Crippen molar-refractivity contribution in [2.75, 3.05) is 0 Å². The van der Waals surface area contributed by atoms with E-state index in [-0.39, 0.29) is 11.3 Å². The number of benzene rings is 2. The standard InChI is InChI=1S/C22H17NO3S/c24-20(16-10-5-2-6-11-16)18-19(15-8-3-1-4-9-15)23(22(26)21(18)25)14-17-12-7-13-27-17/h1-13,19,24H,14H2/b20-18-. The van der Waals surface area contributed by atoms with E-state index in [1.807, 2.05) is 53.9 Å². The number of aliphatic hydroxyl groups excluding tert-OH is 1. The van der Waals surface area contributed by atoms with Crippen LogP contribution in [0.5, 0.6) is 0 Å². The number of likely N-dealkylation sites (tertiary alicyclic amines) is 1. The topological polar surface area (TPSA) is 57.6 Å². The van der Waals surface area contributed by atoms with Crippen molar-refractivity contribution in [1.82, 2.24) is 4.90 Å². The van der Waals surface area contributed by atoms with Crippen molar-refractivity contribution >= 4 is 28.8 Å². The molecule has 5 heteroatoms. The summed E-state index contributed by atoms with van der Waals surface area (Å²) in [5, 5.41) is 12.8. The molecule has 0 bridgehead atoms. The molecule has 2 heterocycles. The monoisotopic (exact) mass is 375 g/mol. The third kappa shape index (κ3) is 3.17. The van der Waals surface area contributed by atoms with Crippen molar-refractivity contribution in [3.05, 3.63) is 99.8 Å². The van der Waals surface area contributed by atoms with Gasteiger partial charge in [0.05, 0.1) is 18.2 Å². The molecule has 3 aromatic rings. The molecule has 2 aromatic carbocycles. The van der Waals surface area contributed by atoms with Gasteiger partial charge in [-0.25, -0.2) is 0 Å². The molecular weight excluding hydrogens is 358 g/mol. The van der Waals surface area contributed by atoms with Gasteiger partial charge >= 0.3 is 0 Å². The highest BCUT2D eigenvalue weighted by molar-refractivity contribution is 7.09. The van der Waals surface area contributed by atoms with Gasteiger partial charge in [-0.1, -0.05) is 66.7 Å². The van der Waals surface area contributed by atoms with Crippen LogP contribution in [0.2, 0.25) is 0 Å². The fourth-order valence-electron chi connectivity index (χ4n) is 3.35. The fourth-order valence-corrected chi connectivity index (χ4v) is 4.05. The van der Waals surface area contributed by atoms with E-state index in [0.717, 1.165) is 10.4 Å². The Morgan fingerprint density at radius 3 is 2.22 bits per heavy atom. The van der Waals surface area contributed by atoms with Crippen LogP contribution in [0.25, 0.3) is 5.76 Å². The molecule has 4 rings (SSSR count). The van der Waals surface area contributed by atoms with Gasteiger partial charge in [0.2, 0.25) is 0 Å². The molecule has 1 amide bonds. The van der Waals surface area contributed by atoms with Crippen molar-refractivity contribution in [2.45, 2.75) is 12.6 Å². The summed E-state index contributed by atoms with van der Waals surface area (Å²) in [6.45, 7) is 0.327. The van der Waals surface area contributed by atoms with Crippen LogP contribution >= 0.6 is 11.3 Å². The van der Waals surface area contributed by atoms with E-state index < -0.39 is 17.7 Å². The number of thiophene rings is 1. The molecule has 0 saturated carbocycles. The molecule has 1 aliphatic heterocycles. The molecule has 0 radical (unpaired) electrons. The molecule has 1 atom stereocenters. The van der Waals surface area contributed by atoms with E-state index in [2.05, 4.69) is 0 Å². The summed E-state index contributed by atoms with van der Waals surface area (Å²) < 4.78 is 0. The van der Waals surface area contributed by atoms with E-state index in [1.54, 1.807) is 24.3 Å². The zero-order valence-corrected chi connectivity index (χ0v) is 15.2. The quantitative estimate of drug-likeness (QED) is 0.418. The Kier molecular flexibility index (Phi) is 4.60. The Bertz CT molecular complexity index is 995. The first-order valence-electron chi connectivity index (χ1n) is 8.58. The fraction of sp³-hybridized carbons (Fsp3) is 0.0909. The lowest BCUT2D eigenvalue weighted by Gasteiger charge is -2.24. The van der Waals surface area contributed by atoms with Gasteiger partial charge in [0.15, 0.2) is 0 Å². The zero-order valence-electron chi connectivity index (χ0n) is 14.4. The highest BCUT2D eigenvalue weighted by Gasteiger charge is 2.46. The molecule has 1 N–H and O–H groups in total. The zero-order chi connectivity index (χ0) is 18.8. The van der Waals surface area contributed by atoms with E-state index in [1.165, 1.54) is 16.2 Å². The molecule has 27 heavy (non-hydrogen) atoms. The minimum Gasteiger partial charge on any atom is -0.507 e. The molecule has 0 aliphatic carbocycles. The Morgan fingerprint density at radius 1 is 0.926 bits per heavy atom. The Balaban J connectivity index is 1.86. The number of Topliss-reactive ketones (excluding diaryl/α,β-unsaturated/α-hetero) is 1. The Labute approximate surface area is 161 Å². The summed E-state index contributed by atoms with van der Waals surface area (Å²) in [5.74, 6) is -1.38. The predicted octanol–water partition coefficient (Wildman–Crippen LogP) is 4.37. The van der Waals surface area contributed by atoms with Crippen LogP contribution in [-0.2, 0) is 16.1 Å². The van der Waals surface area contributed by atoms with Gasteiger partial charge in [-0.15, -0.1) is 11.3 Å². The van der Waals surface area contributed by atoms with Crippen LogP contribution < -0.4 is 0 Å². The number of carbonyl (C=O) groups excluding carboxylic acids is 2. The van der Waals surface area contributed by atoms with Crippen molar-refractivity contribution < 1.29 is 14.7 Å². The van der Waals surface area contributed by atoms with Crippen LogP contribution in [0.3, 0.4) is 0 Å². The molecule has 1 fully saturated rings. The third-order valence-corrected chi connectivity index (χ3v) is 5.47. The predicted molar refractivity (Wildman–Crippen MR) is 105 cm³/mol. The number of nitrogens with zero attached hydrogens (tertiary/aromatic N) is 1. The van der Waals surface area contributed by atoms with Crippen LogP contribution in [0.15, 0.2) is 83.7 Å². The van der Waals surface area contributed by atoms with Gasteiger partial charge in [-0.2, -0.15) is 0 Å². The number of rotatable bonds is 4. The molecule has 1 aliphatic rings. The molecule has 0 spiro atoms. The second-order valence-corrected chi connectivity index (χ2v) is 7.32. The maximum Gasteiger partial charge on any atom is 0.295 e. The van der Waals surface area contributed by atoms with Crippen molar-refractivity contribution in [3.8, 4) is 0 Å². The molecule has 1 aromatic heterocycles. The lowest BCUT2D eigenvalue weighted by molar-refractivity contribution is -0.140. The van der Waals surface area contributed by atoms with Crippen molar-refractivity contribution in [1.29, 1.82) is 0 Å². The van der Waals surface area contributed by atoms with Crippen LogP contribution in [-0.4, -0.2) is 21.7 Å². The van der Waals surface area contributed by atoms with E-state index in [4.69, 9.17) is 0 Å². The van der Waals surface area contributed by atoms with E-state index in [0.29, 0.717) is 12.1 Å². The maximum absolute atomic E-state index is 12.8. The molecule has 134 valence electrons. The maximum atomic E-state index is 12.8. The number of hydrogen-bond acceptors (Lipinski definition) is 4. The van der Waals surface area contributed by atoms with Gasteiger partial charge in [0.25, 0.3) is 11.7 Å². The first-order chi connectivity index (χ1) is 13.2. The molecule has 1 unspecified atom stereocenters. The first kappa shape index (κ1) is 17.2.